The third-order valence-electron chi connectivity index (χ3n) is 3.78. The molecular formula is C15H16O9. The number of phenolic OH excluding ortho intramolecular Hbond substituents is 1. The Kier molecular flexibility index (Phi) is 4.43. The fraction of sp³-hybridized carbons (Fsp3) is 0.400. The lowest BCUT2D eigenvalue weighted by atomic mass is 9.99. The molecule has 0 aliphatic carbocycles. The number of phenols is 1. The van der Waals surface area contributed by atoms with Gasteiger partial charge in [0.15, 0.2) is 0 Å². The van der Waals surface area contributed by atoms with Crippen molar-refractivity contribution in [2.24, 2.45) is 0 Å². The Morgan fingerprint density at radius 3 is 2.54 bits per heavy atom. The number of hydrogen-bond acceptors (Lipinski definition) is 9. The minimum Gasteiger partial charge on any atom is -0.508 e. The van der Waals surface area contributed by atoms with Crippen molar-refractivity contribution in [2.45, 2.75) is 30.7 Å². The molecule has 5 atom stereocenters. The van der Waals surface area contributed by atoms with Crippen LogP contribution in [0.4, 0.5) is 0 Å². The van der Waals surface area contributed by atoms with Crippen molar-refractivity contribution in [2.75, 3.05) is 6.61 Å². The van der Waals surface area contributed by atoms with Gasteiger partial charge in [0.05, 0.1) is 6.61 Å². The maximum Gasteiger partial charge on any atom is 0.379 e. The van der Waals surface area contributed by atoms with Gasteiger partial charge in [-0.1, -0.05) is 0 Å². The van der Waals surface area contributed by atoms with Gasteiger partial charge in [-0.15, -0.1) is 0 Å². The lowest BCUT2D eigenvalue weighted by Gasteiger charge is -2.39. The van der Waals surface area contributed by atoms with Crippen molar-refractivity contribution in [1.82, 2.24) is 0 Å². The van der Waals surface area contributed by atoms with Crippen LogP contribution in [0.2, 0.25) is 0 Å². The fourth-order valence-corrected chi connectivity index (χ4v) is 2.45. The summed E-state index contributed by atoms with van der Waals surface area (Å²) in [5, 5.41) is 48.3. The summed E-state index contributed by atoms with van der Waals surface area (Å²) in [5.41, 5.74) is -0.744. The summed E-state index contributed by atoms with van der Waals surface area (Å²) >= 11 is 0. The minimum atomic E-state index is -1.64. The van der Waals surface area contributed by atoms with Crippen molar-refractivity contribution >= 4 is 11.0 Å². The number of benzene rings is 1. The highest BCUT2D eigenvalue weighted by Gasteiger charge is 2.45. The van der Waals surface area contributed by atoms with Gasteiger partial charge in [-0.05, 0) is 18.2 Å². The zero-order valence-corrected chi connectivity index (χ0v) is 12.3. The first-order valence-electron chi connectivity index (χ1n) is 7.15. The van der Waals surface area contributed by atoms with Crippen LogP contribution in [-0.2, 0) is 4.74 Å². The number of rotatable bonds is 3. The van der Waals surface area contributed by atoms with Crippen LogP contribution in [0.15, 0.2) is 33.5 Å². The van der Waals surface area contributed by atoms with E-state index in [1.165, 1.54) is 24.3 Å². The quantitative estimate of drug-likeness (QED) is 0.429. The Labute approximate surface area is 134 Å². The van der Waals surface area contributed by atoms with Crippen LogP contribution in [0.3, 0.4) is 0 Å². The highest BCUT2D eigenvalue weighted by Crippen LogP contribution is 2.25. The van der Waals surface area contributed by atoms with Crippen molar-refractivity contribution in [1.29, 1.82) is 0 Å². The molecule has 9 nitrogen and oxygen atoms in total. The number of aromatic hydroxyl groups is 1. The molecule has 5 N–H and O–H groups in total. The zero-order chi connectivity index (χ0) is 17.4. The molecule has 3 rings (SSSR count). The number of fused-ring (bicyclic) bond motifs is 1. The number of hydrogen-bond donors (Lipinski definition) is 5. The average Bonchev–Trinajstić information content (AvgIpc) is 2.56. The lowest BCUT2D eigenvalue weighted by molar-refractivity contribution is -0.277. The van der Waals surface area contributed by atoms with Gasteiger partial charge >= 0.3 is 5.63 Å². The van der Waals surface area contributed by atoms with Gasteiger partial charge in [-0.3, -0.25) is 0 Å². The van der Waals surface area contributed by atoms with E-state index in [-0.39, 0.29) is 17.1 Å². The number of aliphatic hydroxyl groups is 4. The molecule has 0 saturated carbocycles. The molecule has 9 heteroatoms. The smallest absolute Gasteiger partial charge is 0.379 e. The van der Waals surface area contributed by atoms with Gasteiger partial charge in [0, 0.05) is 11.5 Å². The molecule has 1 unspecified atom stereocenters. The second kappa shape index (κ2) is 6.38. The van der Waals surface area contributed by atoms with Gasteiger partial charge in [-0.25, -0.2) is 4.79 Å². The summed E-state index contributed by atoms with van der Waals surface area (Å²) in [6, 6.07) is 5.46. The van der Waals surface area contributed by atoms with Crippen LogP contribution in [-0.4, -0.2) is 62.8 Å². The maximum atomic E-state index is 12.0. The lowest BCUT2D eigenvalue weighted by Crippen LogP contribution is -2.60. The first kappa shape index (κ1) is 16.7. The summed E-state index contributed by atoms with van der Waals surface area (Å²) in [7, 11) is 0. The predicted molar refractivity (Wildman–Crippen MR) is 78.5 cm³/mol. The second-order valence-corrected chi connectivity index (χ2v) is 5.44. The molecule has 1 aliphatic rings. The van der Waals surface area contributed by atoms with Gasteiger partial charge in [0.1, 0.15) is 35.7 Å². The first-order valence-corrected chi connectivity index (χ1v) is 7.15. The zero-order valence-electron chi connectivity index (χ0n) is 12.3. The Bertz CT molecular complexity index is 784. The molecule has 1 aliphatic heterocycles. The van der Waals surface area contributed by atoms with Crippen LogP contribution in [0.25, 0.3) is 11.0 Å². The normalized spacial score (nSPS) is 30.4. The van der Waals surface area contributed by atoms with E-state index in [1.807, 2.05) is 0 Å². The molecule has 130 valence electrons. The summed E-state index contributed by atoms with van der Waals surface area (Å²) in [6.07, 6.45) is -7.43. The Morgan fingerprint density at radius 2 is 1.83 bits per heavy atom. The van der Waals surface area contributed by atoms with E-state index < -0.39 is 42.9 Å². The maximum absolute atomic E-state index is 12.0. The minimum absolute atomic E-state index is 0.0757. The number of ether oxygens (including phenoxy) is 2. The highest BCUT2D eigenvalue weighted by atomic mass is 16.7. The SMILES string of the molecule is O=c1oc2cc(O)ccc2cc1OC1O[C@H](CO)[C@@H](O)[C@H](O)[C@H]1O. The van der Waals surface area contributed by atoms with Crippen molar-refractivity contribution < 1.29 is 39.4 Å². The van der Waals surface area contributed by atoms with E-state index in [0.717, 1.165) is 0 Å². The van der Waals surface area contributed by atoms with Crippen molar-refractivity contribution in [3.63, 3.8) is 0 Å². The predicted octanol–water partition coefficient (Wildman–Crippen LogP) is -1.32. The Balaban J connectivity index is 1.90. The van der Waals surface area contributed by atoms with Gasteiger partial charge in [-0.2, -0.15) is 0 Å². The first-order chi connectivity index (χ1) is 11.4. The molecule has 0 spiro atoms. The highest BCUT2D eigenvalue weighted by molar-refractivity contribution is 5.79. The summed E-state index contributed by atoms with van der Waals surface area (Å²) in [4.78, 5) is 12.0. The average molecular weight is 340 g/mol. The third kappa shape index (κ3) is 2.95. The van der Waals surface area contributed by atoms with Crippen LogP contribution in [0.1, 0.15) is 0 Å². The van der Waals surface area contributed by atoms with E-state index >= 15 is 0 Å². The third-order valence-corrected chi connectivity index (χ3v) is 3.78. The Morgan fingerprint density at radius 1 is 1.08 bits per heavy atom. The van der Waals surface area contributed by atoms with E-state index in [1.54, 1.807) is 0 Å². The molecule has 2 heterocycles. The molecular weight excluding hydrogens is 324 g/mol. The molecule has 0 amide bonds. The standard InChI is InChI=1S/C15H16O9/c16-5-10-11(18)12(19)13(20)15(24-10)23-9-3-6-1-2-7(17)4-8(6)22-14(9)21/h1-4,10-13,15-20H,5H2/t10-,11-,12+,13-,15?/m1/s1. The molecule has 0 radical (unpaired) electrons. The second-order valence-electron chi connectivity index (χ2n) is 5.44. The summed E-state index contributed by atoms with van der Waals surface area (Å²) < 4.78 is 15.4. The summed E-state index contributed by atoms with van der Waals surface area (Å²) in [6.45, 7) is -0.615. The molecule has 1 fully saturated rings. The van der Waals surface area contributed by atoms with Crippen LogP contribution < -0.4 is 10.4 Å². The molecule has 0 bridgehead atoms. The van der Waals surface area contributed by atoms with Crippen LogP contribution in [0.5, 0.6) is 11.5 Å². The van der Waals surface area contributed by atoms with Gasteiger partial charge in [0.25, 0.3) is 0 Å². The topological polar surface area (TPSA) is 150 Å². The monoisotopic (exact) mass is 340 g/mol. The van der Waals surface area contributed by atoms with Gasteiger partial charge < -0.3 is 39.4 Å². The fourth-order valence-electron chi connectivity index (χ4n) is 2.45. The summed E-state index contributed by atoms with van der Waals surface area (Å²) in [5.74, 6) is -0.370. The molecule has 1 aromatic carbocycles. The van der Waals surface area contributed by atoms with Crippen LogP contribution >= 0.6 is 0 Å². The number of aliphatic hydroxyl groups excluding tert-OH is 4. The van der Waals surface area contributed by atoms with E-state index in [4.69, 9.17) is 19.0 Å². The van der Waals surface area contributed by atoms with Gasteiger partial charge in [0.2, 0.25) is 12.0 Å². The van der Waals surface area contributed by atoms with Crippen molar-refractivity contribution in [3.05, 3.63) is 34.7 Å². The van der Waals surface area contributed by atoms with Crippen molar-refractivity contribution in [3.8, 4) is 11.5 Å². The molecule has 2 aromatic rings. The van der Waals surface area contributed by atoms with Crippen LogP contribution in [0, 0.1) is 0 Å². The largest absolute Gasteiger partial charge is 0.508 e. The molecule has 24 heavy (non-hydrogen) atoms. The molecule has 1 aromatic heterocycles. The van der Waals surface area contributed by atoms with E-state index in [2.05, 4.69) is 0 Å². The van der Waals surface area contributed by atoms with E-state index in [9.17, 15) is 25.2 Å². The molecule has 1 saturated heterocycles. The van der Waals surface area contributed by atoms with E-state index in [0.29, 0.717) is 5.39 Å². The Hall–Kier alpha value is -2.17.